The first-order chi connectivity index (χ1) is 6.29. The lowest BCUT2D eigenvalue weighted by atomic mass is 10.2. The van der Waals surface area contributed by atoms with Gasteiger partial charge in [-0.3, -0.25) is 0 Å². The van der Waals surface area contributed by atoms with Crippen molar-refractivity contribution in [1.82, 2.24) is 0 Å². The number of hydrogen-bond donors (Lipinski definition) is 1. The zero-order valence-corrected chi connectivity index (χ0v) is 7.19. The third kappa shape index (κ3) is 2.22. The van der Waals surface area contributed by atoms with E-state index < -0.39 is 13.7 Å². The van der Waals surface area contributed by atoms with Gasteiger partial charge in [0.05, 0.1) is 12.7 Å². The van der Waals surface area contributed by atoms with Gasteiger partial charge < -0.3 is 14.4 Å². The molecule has 0 bridgehead atoms. The fourth-order valence-corrected chi connectivity index (χ4v) is 0.941. The van der Waals surface area contributed by atoms with E-state index >= 15 is 0 Å². The van der Waals surface area contributed by atoms with Crippen LogP contribution < -0.4 is 4.65 Å². The maximum atomic E-state index is 11.1. The Kier molecular flexibility index (Phi) is 3.34. The molecule has 1 N–H and O–H groups in total. The Balaban J connectivity index is 2.97. The third-order valence-electron chi connectivity index (χ3n) is 1.51. The van der Waals surface area contributed by atoms with E-state index in [1.807, 2.05) is 0 Å². The van der Waals surface area contributed by atoms with Gasteiger partial charge in [-0.1, -0.05) is 12.1 Å². The van der Waals surface area contributed by atoms with E-state index in [1.165, 1.54) is 7.11 Å². The molecule has 0 aromatic heterocycles. The van der Waals surface area contributed by atoms with Gasteiger partial charge in [0.2, 0.25) is 0 Å². The van der Waals surface area contributed by atoms with Crippen LogP contribution in [-0.4, -0.2) is 25.8 Å². The van der Waals surface area contributed by atoms with E-state index in [-0.39, 0.29) is 0 Å². The molecule has 13 heavy (non-hydrogen) atoms. The van der Waals surface area contributed by atoms with E-state index in [9.17, 15) is 4.79 Å². The van der Waals surface area contributed by atoms with E-state index in [4.69, 9.17) is 9.68 Å². The minimum atomic E-state index is -0.482. The van der Waals surface area contributed by atoms with Crippen LogP contribution in [0.3, 0.4) is 0 Å². The zero-order chi connectivity index (χ0) is 9.68. The summed E-state index contributed by atoms with van der Waals surface area (Å²) >= 11 is 0. The Morgan fingerprint density at radius 1 is 1.46 bits per heavy atom. The number of para-hydroxylation sites is 1. The van der Waals surface area contributed by atoms with Gasteiger partial charge in [-0.05, 0) is 12.1 Å². The van der Waals surface area contributed by atoms with E-state index in [2.05, 4.69) is 4.74 Å². The molecule has 1 aromatic carbocycles. The van der Waals surface area contributed by atoms with Crippen LogP contribution in [0.15, 0.2) is 24.3 Å². The number of hydrogen-bond acceptors (Lipinski definition) is 4. The van der Waals surface area contributed by atoms with Crippen LogP contribution in [-0.2, 0) is 4.74 Å². The molecule has 5 heteroatoms. The van der Waals surface area contributed by atoms with Crippen molar-refractivity contribution in [2.75, 3.05) is 7.11 Å². The molecule has 0 fully saturated rings. The molecule has 1 aromatic rings. The number of methoxy groups -OCH3 is 1. The minimum absolute atomic E-state index is 0.305. The highest BCUT2D eigenvalue weighted by atomic mass is 16.5. The average Bonchev–Trinajstić information content (AvgIpc) is 2.18. The summed E-state index contributed by atoms with van der Waals surface area (Å²) in [5, 5.41) is 8.52. The molecule has 0 atom stereocenters. The highest BCUT2D eigenvalue weighted by Gasteiger charge is 2.11. The molecule has 0 aliphatic heterocycles. The van der Waals surface area contributed by atoms with Crippen LogP contribution in [0, 0.1) is 0 Å². The summed E-state index contributed by atoms with van der Waals surface area (Å²) in [5.74, 6) is -0.166. The highest BCUT2D eigenvalue weighted by Crippen LogP contribution is 2.17. The summed E-state index contributed by atoms with van der Waals surface area (Å²) in [6.07, 6.45) is 0. The Hall–Kier alpha value is -1.49. The quantitative estimate of drug-likeness (QED) is 0.529. The molecule has 0 spiro atoms. The van der Waals surface area contributed by atoms with Crippen LogP contribution in [0.5, 0.6) is 5.75 Å². The number of esters is 1. The van der Waals surface area contributed by atoms with E-state index in [0.717, 1.165) is 0 Å². The number of carbonyl (C=O) groups excluding carboxylic acids is 1. The molecule has 0 saturated carbocycles. The lowest BCUT2D eigenvalue weighted by Crippen LogP contribution is -2.07. The van der Waals surface area contributed by atoms with Crippen molar-refractivity contribution in [2.24, 2.45) is 0 Å². The lowest BCUT2D eigenvalue weighted by Gasteiger charge is -2.06. The number of carbonyl (C=O) groups is 1. The second-order valence-electron chi connectivity index (χ2n) is 2.26. The lowest BCUT2D eigenvalue weighted by molar-refractivity contribution is 0.0598. The molecule has 1 rings (SSSR count). The Labute approximate surface area is 76.4 Å². The summed E-state index contributed by atoms with van der Waals surface area (Å²) in [5.41, 5.74) is 0.305. The first kappa shape index (κ1) is 9.60. The molecule has 0 amide bonds. The normalized spacial score (nSPS) is 9.08. The second kappa shape index (κ2) is 4.52. The molecule has 0 saturated heterocycles. The summed E-state index contributed by atoms with van der Waals surface area (Å²) in [6.45, 7) is 0. The predicted octanol–water partition coefficient (Wildman–Crippen LogP) is 0.111. The van der Waals surface area contributed by atoms with Crippen molar-refractivity contribution >= 4 is 13.7 Å². The van der Waals surface area contributed by atoms with Crippen molar-refractivity contribution in [3.63, 3.8) is 0 Å². The standard InChI is InChI=1S/C8H9BO4/c1-12-8(10)6-4-2-3-5-7(6)13-9-11/h2-5,9,11H,1H3. The molecule has 0 aliphatic carbocycles. The maximum Gasteiger partial charge on any atom is 0.504 e. The van der Waals surface area contributed by atoms with Crippen molar-refractivity contribution in [3.05, 3.63) is 29.8 Å². The predicted molar refractivity (Wildman–Crippen MR) is 47.8 cm³/mol. The fourth-order valence-electron chi connectivity index (χ4n) is 0.941. The number of benzene rings is 1. The average molecular weight is 180 g/mol. The molecular formula is C8H9BO4. The summed E-state index contributed by atoms with van der Waals surface area (Å²) in [7, 11) is 0.825. The van der Waals surface area contributed by atoms with Crippen LogP contribution >= 0.6 is 0 Å². The first-order valence-corrected chi connectivity index (χ1v) is 3.70. The number of ether oxygens (including phenoxy) is 1. The van der Waals surface area contributed by atoms with Gasteiger partial charge in [0, 0.05) is 0 Å². The zero-order valence-electron chi connectivity index (χ0n) is 7.19. The van der Waals surface area contributed by atoms with E-state index in [0.29, 0.717) is 11.3 Å². The van der Waals surface area contributed by atoms with Crippen molar-refractivity contribution in [2.45, 2.75) is 0 Å². The Morgan fingerprint density at radius 2 is 2.15 bits per heavy atom. The van der Waals surface area contributed by atoms with Gasteiger partial charge in [0.15, 0.2) is 0 Å². The van der Waals surface area contributed by atoms with Gasteiger partial charge in [-0.15, -0.1) is 0 Å². The van der Waals surface area contributed by atoms with Gasteiger partial charge in [0.25, 0.3) is 0 Å². The summed E-state index contributed by atoms with van der Waals surface area (Å²) in [6, 6.07) is 6.55. The van der Waals surface area contributed by atoms with E-state index in [1.54, 1.807) is 24.3 Å². The SMILES string of the molecule is COC(=O)c1ccccc1OBO. The van der Waals surface area contributed by atoms with Crippen LogP contribution in [0.4, 0.5) is 0 Å². The molecule has 68 valence electrons. The summed E-state index contributed by atoms with van der Waals surface area (Å²) < 4.78 is 9.34. The molecule has 0 radical (unpaired) electrons. The maximum absolute atomic E-state index is 11.1. The number of rotatable bonds is 3. The monoisotopic (exact) mass is 180 g/mol. The summed E-state index contributed by atoms with van der Waals surface area (Å²) in [4.78, 5) is 11.1. The molecule has 0 unspecified atom stereocenters. The van der Waals surface area contributed by atoms with Crippen LogP contribution in [0.25, 0.3) is 0 Å². The largest absolute Gasteiger partial charge is 0.538 e. The van der Waals surface area contributed by atoms with Crippen LogP contribution in [0.2, 0.25) is 0 Å². The fraction of sp³-hybridized carbons (Fsp3) is 0.125. The van der Waals surface area contributed by atoms with Gasteiger partial charge >= 0.3 is 13.7 Å². The Bertz CT molecular complexity index is 300. The van der Waals surface area contributed by atoms with Crippen molar-refractivity contribution < 1.29 is 19.2 Å². The highest BCUT2D eigenvalue weighted by molar-refractivity contribution is 6.17. The third-order valence-corrected chi connectivity index (χ3v) is 1.51. The molecule has 0 aliphatic rings. The second-order valence-corrected chi connectivity index (χ2v) is 2.26. The Morgan fingerprint density at radius 3 is 2.77 bits per heavy atom. The molecule has 0 heterocycles. The first-order valence-electron chi connectivity index (χ1n) is 3.70. The van der Waals surface area contributed by atoms with Gasteiger partial charge in [0.1, 0.15) is 5.75 Å². The van der Waals surface area contributed by atoms with Gasteiger partial charge in [-0.25, -0.2) is 4.79 Å². The molecular weight excluding hydrogens is 171 g/mol. The van der Waals surface area contributed by atoms with Crippen molar-refractivity contribution in [3.8, 4) is 5.75 Å². The smallest absolute Gasteiger partial charge is 0.504 e. The van der Waals surface area contributed by atoms with Crippen LogP contribution in [0.1, 0.15) is 10.4 Å². The topological polar surface area (TPSA) is 55.8 Å². The van der Waals surface area contributed by atoms with Crippen molar-refractivity contribution in [1.29, 1.82) is 0 Å². The molecule has 4 nitrogen and oxygen atoms in total. The van der Waals surface area contributed by atoms with Gasteiger partial charge in [-0.2, -0.15) is 0 Å². The minimum Gasteiger partial charge on any atom is -0.538 e.